The summed E-state index contributed by atoms with van der Waals surface area (Å²) in [4.78, 5) is 0. The smallest absolute Gasteiger partial charge is 0.123 e. The Kier molecular flexibility index (Phi) is 11.4. The third-order valence-electron chi connectivity index (χ3n) is 3.35. The molecule has 2 heteroatoms. The van der Waals surface area contributed by atoms with Crippen LogP contribution in [0.25, 0.3) is 0 Å². The van der Waals surface area contributed by atoms with Crippen molar-refractivity contribution in [1.29, 1.82) is 0 Å². The second-order valence-corrected chi connectivity index (χ2v) is 5.05. The van der Waals surface area contributed by atoms with Crippen LogP contribution in [-0.2, 0) is 0 Å². The van der Waals surface area contributed by atoms with E-state index in [0.717, 1.165) is 0 Å². The van der Waals surface area contributed by atoms with Gasteiger partial charge in [-0.3, -0.25) is 0 Å². The fourth-order valence-corrected chi connectivity index (χ4v) is 2.17. The van der Waals surface area contributed by atoms with Crippen LogP contribution in [-0.4, -0.2) is 5.11 Å². The summed E-state index contributed by atoms with van der Waals surface area (Å²) in [6.07, 6.45) is 11.2. The van der Waals surface area contributed by atoms with Gasteiger partial charge in [0.25, 0.3) is 0 Å². The molecule has 0 aromatic heterocycles. The Hall–Kier alpha value is -2.09. The second-order valence-electron chi connectivity index (χ2n) is 5.05. The molecule has 1 saturated carbocycles. The van der Waals surface area contributed by atoms with Crippen molar-refractivity contribution < 1.29 is 9.50 Å². The average molecular weight is 302 g/mol. The molecule has 1 aliphatic carbocycles. The Morgan fingerprint density at radius 3 is 1.82 bits per heavy atom. The first-order chi connectivity index (χ1) is 10.5. The predicted octanol–water partition coefficient (Wildman–Crippen LogP) is 6.48. The zero-order valence-electron chi connectivity index (χ0n) is 13.3. The van der Waals surface area contributed by atoms with Crippen molar-refractivity contribution in [3.63, 3.8) is 0 Å². The summed E-state index contributed by atoms with van der Waals surface area (Å²) in [5, 5.41) is 8.05. The molecular weight excluding hydrogens is 275 g/mol. The van der Waals surface area contributed by atoms with Gasteiger partial charge in [0.05, 0.1) is 0 Å². The summed E-state index contributed by atoms with van der Waals surface area (Å²) in [5.41, 5.74) is 1.32. The Morgan fingerprint density at radius 1 is 1.00 bits per heavy atom. The first-order valence-electron chi connectivity index (χ1n) is 7.54. The van der Waals surface area contributed by atoms with Gasteiger partial charge < -0.3 is 5.11 Å². The predicted molar refractivity (Wildman–Crippen MR) is 94.6 cm³/mol. The van der Waals surface area contributed by atoms with E-state index in [0.29, 0.717) is 5.92 Å². The van der Waals surface area contributed by atoms with E-state index in [-0.39, 0.29) is 11.6 Å². The van der Waals surface area contributed by atoms with Crippen LogP contribution in [0.1, 0.15) is 43.6 Å². The van der Waals surface area contributed by atoms with Gasteiger partial charge in [-0.2, -0.15) is 0 Å². The number of hydrogen-bond donors (Lipinski definition) is 1. The van der Waals surface area contributed by atoms with E-state index in [4.69, 9.17) is 5.11 Å². The third-order valence-corrected chi connectivity index (χ3v) is 3.35. The molecule has 1 nitrogen and oxygen atoms in total. The van der Waals surface area contributed by atoms with Gasteiger partial charge in [-0.25, -0.2) is 4.39 Å². The van der Waals surface area contributed by atoms with Gasteiger partial charge in [0.2, 0.25) is 0 Å². The van der Waals surface area contributed by atoms with Crippen LogP contribution in [0.2, 0.25) is 0 Å². The highest BCUT2D eigenvalue weighted by Crippen LogP contribution is 2.32. The SMILES string of the molecule is C=CC(=C)O.C=CC=C.Fc1ccc(C2CCCCC2)cc1. The molecule has 0 saturated heterocycles. The van der Waals surface area contributed by atoms with Gasteiger partial charge in [0.15, 0.2) is 0 Å². The van der Waals surface area contributed by atoms with E-state index in [1.807, 2.05) is 12.1 Å². The van der Waals surface area contributed by atoms with Crippen LogP contribution >= 0.6 is 0 Å². The summed E-state index contributed by atoms with van der Waals surface area (Å²) in [7, 11) is 0. The number of benzene rings is 1. The van der Waals surface area contributed by atoms with Gasteiger partial charge >= 0.3 is 0 Å². The number of hydrogen-bond acceptors (Lipinski definition) is 1. The van der Waals surface area contributed by atoms with E-state index >= 15 is 0 Å². The number of aliphatic hydroxyl groups excluding tert-OH is 1. The fraction of sp³-hybridized carbons (Fsp3) is 0.300. The van der Waals surface area contributed by atoms with Crippen molar-refractivity contribution in [3.8, 4) is 0 Å². The zero-order chi connectivity index (χ0) is 16.8. The van der Waals surface area contributed by atoms with E-state index in [1.54, 1.807) is 24.3 Å². The standard InChI is InChI=1S/C12H15F.C4H6O.C4H6/c13-12-8-6-11(7-9-12)10-4-2-1-3-5-10;1-3-4(2)5;1-3-4-2/h6-10H,1-5H2;3,5H,1-2H2;3-4H,1-2H2. The minimum absolute atomic E-state index is 0.0185. The lowest BCUT2D eigenvalue weighted by Crippen LogP contribution is -2.04. The average Bonchev–Trinajstić information content (AvgIpc) is 2.57. The highest BCUT2D eigenvalue weighted by Gasteiger charge is 2.14. The summed E-state index contributed by atoms with van der Waals surface area (Å²) < 4.78 is 12.7. The maximum Gasteiger partial charge on any atom is 0.123 e. The molecule has 0 aliphatic heterocycles. The number of rotatable bonds is 3. The molecule has 1 N–H and O–H groups in total. The Labute approximate surface area is 134 Å². The number of aliphatic hydroxyl groups is 1. The molecule has 1 aromatic rings. The molecular formula is C20H27FO. The highest BCUT2D eigenvalue weighted by atomic mass is 19.1. The molecule has 120 valence electrons. The molecule has 0 amide bonds. The lowest BCUT2D eigenvalue weighted by atomic mass is 9.84. The highest BCUT2D eigenvalue weighted by molar-refractivity contribution is 5.20. The van der Waals surface area contributed by atoms with Crippen LogP contribution in [0, 0.1) is 5.82 Å². The Bertz CT molecular complexity index is 447. The minimum Gasteiger partial charge on any atom is -0.509 e. The minimum atomic E-state index is -0.125. The fourth-order valence-electron chi connectivity index (χ4n) is 2.17. The lowest BCUT2D eigenvalue weighted by Gasteiger charge is -2.21. The van der Waals surface area contributed by atoms with E-state index in [2.05, 4.69) is 26.3 Å². The van der Waals surface area contributed by atoms with Gasteiger partial charge in [-0.05, 0) is 42.5 Å². The molecule has 2 rings (SSSR count). The van der Waals surface area contributed by atoms with Gasteiger partial charge in [-0.15, -0.1) is 0 Å². The summed E-state index contributed by atoms with van der Waals surface area (Å²) in [6.45, 7) is 13.0. The number of halogens is 1. The zero-order valence-corrected chi connectivity index (χ0v) is 13.3. The normalized spacial score (nSPS) is 13.5. The van der Waals surface area contributed by atoms with Crippen LogP contribution in [0.3, 0.4) is 0 Å². The monoisotopic (exact) mass is 302 g/mol. The van der Waals surface area contributed by atoms with E-state index < -0.39 is 0 Å². The van der Waals surface area contributed by atoms with Crippen LogP contribution in [0.15, 0.2) is 74.6 Å². The lowest BCUT2D eigenvalue weighted by molar-refractivity contribution is 0.435. The summed E-state index contributed by atoms with van der Waals surface area (Å²) in [6, 6.07) is 7.02. The second kappa shape index (κ2) is 12.6. The quantitative estimate of drug-likeness (QED) is 0.500. The Balaban J connectivity index is 0.000000411. The van der Waals surface area contributed by atoms with Crippen LogP contribution < -0.4 is 0 Å². The first kappa shape index (κ1) is 19.9. The van der Waals surface area contributed by atoms with Gasteiger partial charge in [0.1, 0.15) is 11.6 Å². The molecule has 0 atom stereocenters. The molecule has 0 bridgehead atoms. The number of allylic oxidation sites excluding steroid dienone is 3. The van der Waals surface area contributed by atoms with Crippen molar-refractivity contribution in [3.05, 3.63) is 85.9 Å². The molecule has 1 fully saturated rings. The Morgan fingerprint density at radius 2 is 1.45 bits per heavy atom. The van der Waals surface area contributed by atoms with Crippen molar-refractivity contribution in [2.75, 3.05) is 0 Å². The molecule has 0 spiro atoms. The molecule has 1 aliphatic rings. The molecule has 0 radical (unpaired) electrons. The van der Waals surface area contributed by atoms with Crippen molar-refractivity contribution in [2.24, 2.45) is 0 Å². The third kappa shape index (κ3) is 9.76. The van der Waals surface area contributed by atoms with Crippen molar-refractivity contribution in [2.45, 2.75) is 38.0 Å². The first-order valence-corrected chi connectivity index (χ1v) is 7.54. The van der Waals surface area contributed by atoms with Crippen molar-refractivity contribution >= 4 is 0 Å². The summed E-state index contributed by atoms with van der Waals surface area (Å²) in [5.74, 6) is 0.582. The van der Waals surface area contributed by atoms with Gasteiger partial charge in [0, 0.05) is 0 Å². The largest absolute Gasteiger partial charge is 0.509 e. The van der Waals surface area contributed by atoms with E-state index in [9.17, 15) is 4.39 Å². The molecule has 0 unspecified atom stereocenters. The topological polar surface area (TPSA) is 20.2 Å². The summed E-state index contributed by atoms with van der Waals surface area (Å²) >= 11 is 0. The van der Waals surface area contributed by atoms with Crippen LogP contribution in [0.4, 0.5) is 4.39 Å². The maximum atomic E-state index is 12.7. The maximum absolute atomic E-state index is 12.7. The molecule has 1 aromatic carbocycles. The van der Waals surface area contributed by atoms with Crippen LogP contribution in [0.5, 0.6) is 0 Å². The van der Waals surface area contributed by atoms with Gasteiger partial charge in [-0.1, -0.05) is 69.9 Å². The van der Waals surface area contributed by atoms with E-state index in [1.165, 1.54) is 43.7 Å². The molecule has 0 heterocycles. The molecule has 22 heavy (non-hydrogen) atoms. The van der Waals surface area contributed by atoms with Crippen molar-refractivity contribution in [1.82, 2.24) is 0 Å².